The molecule has 3 rings (SSSR count). The molecule has 2 aromatic rings. The third kappa shape index (κ3) is 4.51. The number of hydrogen-bond donors (Lipinski definition) is 1. The van der Waals surface area contributed by atoms with Gasteiger partial charge in [0.2, 0.25) is 0 Å². The molecule has 9 heteroatoms. The van der Waals surface area contributed by atoms with Crippen LogP contribution in [0, 0.1) is 0 Å². The van der Waals surface area contributed by atoms with Gasteiger partial charge in [0.05, 0.1) is 12.7 Å². The van der Waals surface area contributed by atoms with Crippen LogP contribution in [0.5, 0.6) is 0 Å². The van der Waals surface area contributed by atoms with Gasteiger partial charge >= 0.3 is 5.97 Å². The summed E-state index contributed by atoms with van der Waals surface area (Å²) in [5.74, 6) is -0.716. The van der Waals surface area contributed by atoms with Crippen LogP contribution < -0.4 is 5.32 Å². The Kier molecular flexibility index (Phi) is 7.41. The van der Waals surface area contributed by atoms with Gasteiger partial charge in [0, 0.05) is 30.7 Å². The molecular formula is C18H25ClN4O3S. The number of methoxy groups -OCH3 is 1. The number of ether oxygens (including phenoxy) is 1. The fourth-order valence-electron chi connectivity index (χ4n) is 3.20. The highest BCUT2D eigenvalue weighted by molar-refractivity contribution is 7.17. The van der Waals surface area contributed by atoms with E-state index in [1.54, 1.807) is 16.9 Å². The van der Waals surface area contributed by atoms with Crippen LogP contribution in [0.3, 0.4) is 0 Å². The molecule has 27 heavy (non-hydrogen) atoms. The van der Waals surface area contributed by atoms with Crippen molar-refractivity contribution in [2.75, 3.05) is 25.5 Å². The second-order valence-corrected chi connectivity index (χ2v) is 7.34. The summed E-state index contributed by atoms with van der Waals surface area (Å²) in [5.41, 5.74) is 1.83. The molecule has 0 radical (unpaired) electrons. The summed E-state index contributed by atoms with van der Waals surface area (Å²) in [4.78, 5) is 28.4. The van der Waals surface area contributed by atoms with E-state index in [-0.39, 0.29) is 18.3 Å². The zero-order chi connectivity index (χ0) is 18.7. The monoisotopic (exact) mass is 412 g/mol. The van der Waals surface area contributed by atoms with Crippen molar-refractivity contribution in [2.45, 2.75) is 39.8 Å². The van der Waals surface area contributed by atoms with Crippen molar-refractivity contribution in [1.82, 2.24) is 14.7 Å². The van der Waals surface area contributed by atoms with Crippen molar-refractivity contribution in [2.24, 2.45) is 0 Å². The first kappa shape index (κ1) is 21.4. The molecule has 0 saturated heterocycles. The number of aromatic nitrogens is 2. The zero-order valence-electron chi connectivity index (χ0n) is 15.8. The van der Waals surface area contributed by atoms with Crippen molar-refractivity contribution in [3.8, 4) is 0 Å². The molecule has 0 spiro atoms. The summed E-state index contributed by atoms with van der Waals surface area (Å²) in [6.07, 6.45) is 3.64. The van der Waals surface area contributed by atoms with E-state index < -0.39 is 5.97 Å². The number of anilines is 1. The van der Waals surface area contributed by atoms with E-state index in [1.165, 1.54) is 18.4 Å². The molecule has 148 valence electrons. The van der Waals surface area contributed by atoms with E-state index in [2.05, 4.69) is 22.2 Å². The number of nitrogens with one attached hydrogen (secondary N) is 1. The highest BCUT2D eigenvalue weighted by Gasteiger charge is 2.29. The summed E-state index contributed by atoms with van der Waals surface area (Å²) in [6.45, 7) is 7.56. The van der Waals surface area contributed by atoms with Gasteiger partial charge in [-0.3, -0.25) is 14.4 Å². The first-order valence-corrected chi connectivity index (χ1v) is 9.69. The van der Waals surface area contributed by atoms with Crippen molar-refractivity contribution >= 4 is 40.6 Å². The average Bonchev–Trinajstić information content (AvgIpc) is 3.25. The van der Waals surface area contributed by atoms with Crippen molar-refractivity contribution < 1.29 is 14.3 Å². The van der Waals surface area contributed by atoms with Crippen LogP contribution in [0.25, 0.3) is 0 Å². The zero-order valence-corrected chi connectivity index (χ0v) is 17.4. The van der Waals surface area contributed by atoms with E-state index in [9.17, 15) is 9.59 Å². The Hall–Kier alpha value is -1.90. The Balaban J connectivity index is 0.00000261. The SMILES string of the molecule is CCCN1CCc2c(sc(NC(=O)c3ccn(CC)n3)c2C(=O)OC)C1.Cl. The average molecular weight is 413 g/mol. The normalized spacial score (nSPS) is 13.6. The smallest absolute Gasteiger partial charge is 0.341 e. The van der Waals surface area contributed by atoms with Crippen molar-refractivity contribution in [3.05, 3.63) is 34.0 Å². The van der Waals surface area contributed by atoms with Gasteiger partial charge in [0.1, 0.15) is 5.00 Å². The summed E-state index contributed by atoms with van der Waals surface area (Å²) >= 11 is 1.46. The molecule has 1 aliphatic rings. The quantitative estimate of drug-likeness (QED) is 0.737. The highest BCUT2D eigenvalue weighted by atomic mass is 35.5. The lowest BCUT2D eigenvalue weighted by molar-refractivity contribution is 0.0600. The van der Waals surface area contributed by atoms with Crippen LogP contribution in [0.4, 0.5) is 5.00 Å². The van der Waals surface area contributed by atoms with Gasteiger partial charge in [0.15, 0.2) is 5.69 Å². The molecule has 0 aliphatic carbocycles. The lowest BCUT2D eigenvalue weighted by Crippen LogP contribution is -2.30. The summed E-state index contributed by atoms with van der Waals surface area (Å²) in [6, 6.07) is 1.67. The van der Waals surface area contributed by atoms with Crippen LogP contribution in [0.1, 0.15) is 51.6 Å². The van der Waals surface area contributed by atoms with Gasteiger partial charge in [0.25, 0.3) is 5.91 Å². The van der Waals surface area contributed by atoms with Gasteiger partial charge in [-0.15, -0.1) is 23.7 Å². The molecule has 2 aromatic heterocycles. The van der Waals surface area contributed by atoms with Crippen LogP contribution >= 0.6 is 23.7 Å². The van der Waals surface area contributed by atoms with Gasteiger partial charge < -0.3 is 10.1 Å². The third-order valence-corrected chi connectivity index (χ3v) is 5.62. The molecule has 1 N–H and O–H groups in total. The number of nitrogens with zero attached hydrogens (tertiary/aromatic N) is 3. The van der Waals surface area contributed by atoms with Crippen molar-refractivity contribution in [3.63, 3.8) is 0 Å². The maximum absolute atomic E-state index is 12.5. The highest BCUT2D eigenvalue weighted by Crippen LogP contribution is 2.37. The second kappa shape index (κ2) is 9.34. The Morgan fingerprint density at radius 2 is 2.15 bits per heavy atom. The number of aryl methyl sites for hydroxylation is 1. The van der Waals surface area contributed by atoms with Crippen LogP contribution in [-0.4, -0.2) is 46.8 Å². The number of fused-ring (bicyclic) bond motifs is 1. The Bertz CT molecular complexity index is 818. The first-order chi connectivity index (χ1) is 12.6. The molecule has 0 unspecified atom stereocenters. The minimum atomic E-state index is -0.402. The predicted octanol–water partition coefficient (Wildman–Crippen LogP) is 3.19. The molecule has 0 saturated carbocycles. The Morgan fingerprint density at radius 1 is 1.37 bits per heavy atom. The van der Waals surface area contributed by atoms with Crippen LogP contribution in [-0.2, 0) is 24.2 Å². The van der Waals surface area contributed by atoms with Gasteiger partial charge in [-0.25, -0.2) is 4.79 Å². The standard InChI is InChI=1S/C18H24N4O3S.ClH/c1-4-8-21-9-6-12-14(11-21)26-17(15(12)18(24)25-3)19-16(23)13-7-10-22(5-2)20-13;/h7,10H,4-6,8-9,11H2,1-3H3,(H,19,23);1H. The molecule has 0 bridgehead atoms. The molecule has 0 aromatic carbocycles. The van der Waals surface area contributed by atoms with E-state index in [1.807, 2.05) is 6.92 Å². The molecule has 7 nitrogen and oxygen atoms in total. The lowest BCUT2D eigenvalue weighted by Gasteiger charge is -2.26. The lowest BCUT2D eigenvalue weighted by atomic mass is 10.0. The maximum Gasteiger partial charge on any atom is 0.341 e. The number of rotatable bonds is 6. The fraction of sp³-hybridized carbons (Fsp3) is 0.500. The minimum Gasteiger partial charge on any atom is -0.465 e. The number of carbonyl (C=O) groups excluding carboxylic acids is 2. The molecular weight excluding hydrogens is 388 g/mol. The largest absolute Gasteiger partial charge is 0.465 e. The van der Waals surface area contributed by atoms with E-state index >= 15 is 0 Å². The van der Waals surface area contributed by atoms with Gasteiger partial charge in [-0.2, -0.15) is 5.10 Å². The molecule has 3 heterocycles. The second-order valence-electron chi connectivity index (χ2n) is 6.24. The van der Waals surface area contributed by atoms with E-state index in [0.717, 1.165) is 42.9 Å². The van der Waals surface area contributed by atoms with Gasteiger partial charge in [-0.05, 0) is 37.9 Å². The van der Waals surface area contributed by atoms with Crippen molar-refractivity contribution in [1.29, 1.82) is 0 Å². The Labute approximate surface area is 169 Å². The molecule has 0 atom stereocenters. The number of halogens is 1. The number of thiophene rings is 1. The van der Waals surface area contributed by atoms with Gasteiger partial charge in [-0.1, -0.05) is 6.92 Å². The van der Waals surface area contributed by atoms with E-state index in [0.29, 0.717) is 22.8 Å². The number of hydrogen-bond acceptors (Lipinski definition) is 6. The third-order valence-electron chi connectivity index (χ3n) is 4.49. The summed E-state index contributed by atoms with van der Waals surface area (Å²) < 4.78 is 6.66. The number of carbonyl (C=O) groups is 2. The number of amides is 1. The summed E-state index contributed by atoms with van der Waals surface area (Å²) in [7, 11) is 1.37. The Morgan fingerprint density at radius 3 is 2.78 bits per heavy atom. The fourth-order valence-corrected chi connectivity index (χ4v) is 4.47. The van der Waals surface area contributed by atoms with Crippen LogP contribution in [0.2, 0.25) is 0 Å². The number of esters is 1. The van der Waals surface area contributed by atoms with Crippen LogP contribution in [0.15, 0.2) is 12.3 Å². The molecule has 1 amide bonds. The molecule has 1 aliphatic heterocycles. The summed E-state index contributed by atoms with van der Waals surface area (Å²) in [5, 5.41) is 7.64. The van der Waals surface area contributed by atoms with E-state index in [4.69, 9.17) is 4.74 Å². The molecule has 0 fully saturated rings. The minimum absolute atomic E-state index is 0. The predicted molar refractivity (Wildman–Crippen MR) is 108 cm³/mol. The first-order valence-electron chi connectivity index (χ1n) is 8.87. The topological polar surface area (TPSA) is 76.5 Å². The maximum atomic E-state index is 12.5.